The number of hydrogen-bond donors (Lipinski definition) is 1. The summed E-state index contributed by atoms with van der Waals surface area (Å²) in [6.07, 6.45) is 0. The SMILES string of the molecule is CNC(CSc1ccc(C)cc1)c1ccc(OC)cc1F. The second-order valence-corrected chi connectivity index (χ2v) is 5.95. The first-order chi connectivity index (χ1) is 10.1. The van der Waals surface area contributed by atoms with Gasteiger partial charge in [-0.15, -0.1) is 11.8 Å². The van der Waals surface area contributed by atoms with Crippen LogP contribution in [0.25, 0.3) is 0 Å². The Bertz CT molecular complexity index is 586. The highest BCUT2D eigenvalue weighted by atomic mass is 32.2. The zero-order valence-electron chi connectivity index (χ0n) is 12.5. The highest BCUT2D eigenvalue weighted by Crippen LogP contribution is 2.27. The van der Waals surface area contributed by atoms with Crippen LogP contribution in [0.1, 0.15) is 17.2 Å². The molecule has 0 aromatic heterocycles. The molecule has 1 unspecified atom stereocenters. The monoisotopic (exact) mass is 305 g/mol. The fraction of sp³-hybridized carbons (Fsp3) is 0.294. The molecule has 0 amide bonds. The molecule has 0 bridgehead atoms. The number of hydrogen-bond acceptors (Lipinski definition) is 3. The van der Waals surface area contributed by atoms with Crippen molar-refractivity contribution >= 4 is 11.8 Å². The van der Waals surface area contributed by atoms with Crippen molar-refractivity contribution in [3.05, 3.63) is 59.4 Å². The Morgan fingerprint density at radius 3 is 2.48 bits per heavy atom. The molecule has 0 aliphatic carbocycles. The van der Waals surface area contributed by atoms with E-state index in [-0.39, 0.29) is 11.9 Å². The van der Waals surface area contributed by atoms with Gasteiger partial charge in [0.25, 0.3) is 0 Å². The number of benzene rings is 2. The van der Waals surface area contributed by atoms with Crippen LogP contribution >= 0.6 is 11.8 Å². The molecule has 2 aromatic carbocycles. The molecule has 1 N–H and O–H groups in total. The Hall–Kier alpha value is -1.52. The molecule has 0 fully saturated rings. The van der Waals surface area contributed by atoms with Crippen LogP contribution in [0.4, 0.5) is 4.39 Å². The highest BCUT2D eigenvalue weighted by Gasteiger charge is 2.15. The first kappa shape index (κ1) is 15.9. The summed E-state index contributed by atoms with van der Waals surface area (Å²) in [5.74, 6) is 1.07. The molecule has 2 rings (SSSR count). The van der Waals surface area contributed by atoms with E-state index in [0.717, 1.165) is 5.75 Å². The van der Waals surface area contributed by atoms with Crippen molar-refractivity contribution in [1.29, 1.82) is 0 Å². The molecule has 0 saturated heterocycles. The van der Waals surface area contributed by atoms with E-state index < -0.39 is 0 Å². The van der Waals surface area contributed by atoms with Crippen LogP contribution in [0.2, 0.25) is 0 Å². The van der Waals surface area contributed by atoms with Crippen LogP contribution in [0.5, 0.6) is 5.75 Å². The predicted octanol–water partition coefficient (Wildman–Crippen LogP) is 4.20. The molecule has 2 aromatic rings. The van der Waals surface area contributed by atoms with Crippen molar-refractivity contribution in [2.24, 2.45) is 0 Å². The third-order valence-corrected chi connectivity index (χ3v) is 4.47. The molecule has 2 nitrogen and oxygen atoms in total. The largest absolute Gasteiger partial charge is 0.497 e. The van der Waals surface area contributed by atoms with Crippen molar-refractivity contribution in [2.45, 2.75) is 17.9 Å². The van der Waals surface area contributed by atoms with E-state index >= 15 is 0 Å². The van der Waals surface area contributed by atoms with Crippen LogP contribution in [-0.2, 0) is 0 Å². The van der Waals surface area contributed by atoms with E-state index in [1.807, 2.05) is 7.05 Å². The fourth-order valence-electron chi connectivity index (χ4n) is 2.06. The second kappa shape index (κ2) is 7.48. The van der Waals surface area contributed by atoms with Crippen molar-refractivity contribution in [3.63, 3.8) is 0 Å². The summed E-state index contributed by atoms with van der Waals surface area (Å²) in [6, 6.07) is 13.3. The number of thioether (sulfide) groups is 1. The minimum absolute atomic E-state index is 0.0396. The van der Waals surface area contributed by atoms with E-state index in [4.69, 9.17) is 4.74 Å². The van der Waals surface area contributed by atoms with Gasteiger partial charge in [0, 0.05) is 28.3 Å². The van der Waals surface area contributed by atoms with Crippen LogP contribution in [-0.4, -0.2) is 19.9 Å². The smallest absolute Gasteiger partial charge is 0.131 e. The number of rotatable bonds is 6. The van der Waals surface area contributed by atoms with Gasteiger partial charge in [0.1, 0.15) is 11.6 Å². The molecular formula is C17H20FNOS. The number of ether oxygens (including phenoxy) is 1. The summed E-state index contributed by atoms with van der Waals surface area (Å²) < 4.78 is 19.2. The summed E-state index contributed by atoms with van der Waals surface area (Å²) >= 11 is 1.71. The Labute approximate surface area is 129 Å². The van der Waals surface area contributed by atoms with E-state index in [1.54, 1.807) is 23.9 Å². The first-order valence-electron chi connectivity index (χ1n) is 6.84. The lowest BCUT2D eigenvalue weighted by atomic mass is 10.1. The number of aryl methyl sites for hydroxylation is 1. The van der Waals surface area contributed by atoms with Gasteiger partial charge in [0.15, 0.2) is 0 Å². The van der Waals surface area contributed by atoms with Crippen LogP contribution in [0, 0.1) is 12.7 Å². The lowest BCUT2D eigenvalue weighted by Gasteiger charge is -2.17. The van der Waals surface area contributed by atoms with Gasteiger partial charge < -0.3 is 10.1 Å². The normalized spacial score (nSPS) is 12.2. The molecule has 4 heteroatoms. The molecule has 1 atom stereocenters. The molecule has 0 aliphatic heterocycles. The highest BCUT2D eigenvalue weighted by molar-refractivity contribution is 7.99. The number of halogens is 1. The molecule has 0 spiro atoms. The van der Waals surface area contributed by atoms with E-state index in [1.165, 1.54) is 23.6 Å². The minimum Gasteiger partial charge on any atom is -0.497 e. The third-order valence-electron chi connectivity index (χ3n) is 3.37. The van der Waals surface area contributed by atoms with Crippen LogP contribution in [0.3, 0.4) is 0 Å². The van der Waals surface area contributed by atoms with Gasteiger partial charge in [0.2, 0.25) is 0 Å². The Morgan fingerprint density at radius 1 is 1.19 bits per heavy atom. The maximum absolute atomic E-state index is 14.1. The summed E-state index contributed by atoms with van der Waals surface area (Å²) in [5, 5.41) is 3.18. The fourth-order valence-corrected chi connectivity index (χ4v) is 3.09. The molecule has 21 heavy (non-hydrogen) atoms. The van der Waals surface area contributed by atoms with Crippen LogP contribution in [0.15, 0.2) is 47.4 Å². The number of methoxy groups -OCH3 is 1. The Kier molecular flexibility index (Phi) is 5.65. The first-order valence-corrected chi connectivity index (χ1v) is 7.82. The van der Waals surface area contributed by atoms with Crippen molar-refractivity contribution < 1.29 is 9.13 Å². The lowest BCUT2D eigenvalue weighted by Crippen LogP contribution is -2.20. The van der Waals surface area contributed by atoms with Gasteiger partial charge in [-0.1, -0.05) is 23.8 Å². The van der Waals surface area contributed by atoms with E-state index in [0.29, 0.717) is 11.3 Å². The second-order valence-electron chi connectivity index (χ2n) is 4.85. The van der Waals surface area contributed by atoms with Crippen LogP contribution < -0.4 is 10.1 Å². The van der Waals surface area contributed by atoms with E-state index in [9.17, 15) is 4.39 Å². The van der Waals surface area contributed by atoms with Gasteiger partial charge in [0.05, 0.1) is 7.11 Å². The molecule has 112 valence electrons. The summed E-state index contributed by atoms with van der Waals surface area (Å²) in [4.78, 5) is 1.19. The Morgan fingerprint density at radius 2 is 1.90 bits per heavy atom. The molecule has 0 heterocycles. The standard InChI is InChI=1S/C17H20FNOS/c1-12-4-7-14(8-5-12)21-11-17(19-2)15-9-6-13(20-3)10-16(15)18/h4-10,17,19H,11H2,1-3H3. The van der Waals surface area contributed by atoms with Crippen molar-refractivity contribution in [1.82, 2.24) is 5.32 Å². The van der Waals surface area contributed by atoms with Gasteiger partial charge in [-0.2, -0.15) is 0 Å². The predicted molar refractivity (Wildman–Crippen MR) is 86.7 cm³/mol. The van der Waals surface area contributed by atoms with Gasteiger partial charge >= 0.3 is 0 Å². The van der Waals surface area contributed by atoms with Crippen molar-refractivity contribution in [3.8, 4) is 5.75 Å². The zero-order chi connectivity index (χ0) is 15.2. The van der Waals surface area contributed by atoms with E-state index in [2.05, 4.69) is 36.5 Å². The maximum Gasteiger partial charge on any atom is 0.131 e. The average molecular weight is 305 g/mol. The molecule has 0 radical (unpaired) electrons. The summed E-state index contributed by atoms with van der Waals surface area (Å²) in [7, 11) is 3.39. The Balaban J connectivity index is 2.07. The lowest BCUT2D eigenvalue weighted by molar-refractivity contribution is 0.410. The van der Waals surface area contributed by atoms with Gasteiger partial charge in [-0.25, -0.2) is 4.39 Å². The molecular weight excluding hydrogens is 285 g/mol. The molecule has 0 aliphatic rings. The average Bonchev–Trinajstić information content (AvgIpc) is 2.50. The summed E-state index contributed by atoms with van der Waals surface area (Å²) in [6.45, 7) is 2.07. The van der Waals surface area contributed by atoms with Crippen molar-refractivity contribution in [2.75, 3.05) is 19.9 Å². The van der Waals surface area contributed by atoms with Gasteiger partial charge in [-0.05, 0) is 32.2 Å². The minimum atomic E-state index is -0.238. The quantitative estimate of drug-likeness (QED) is 0.808. The zero-order valence-corrected chi connectivity index (χ0v) is 13.3. The topological polar surface area (TPSA) is 21.3 Å². The summed E-state index contributed by atoms with van der Waals surface area (Å²) in [5.41, 5.74) is 1.91. The van der Waals surface area contributed by atoms with Gasteiger partial charge in [-0.3, -0.25) is 0 Å². The third kappa shape index (κ3) is 4.22. The maximum atomic E-state index is 14.1. The molecule has 0 saturated carbocycles. The number of nitrogens with one attached hydrogen (secondary N) is 1.